The van der Waals surface area contributed by atoms with Crippen LogP contribution in [0.4, 0.5) is 0 Å². The largest absolute Gasteiger partial charge is 0.462 e. The molecule has 0 unspecified atom stereocenters. The van der Waals surface area contributed by atoms with E-state index in [0.29, 0.717) is 5.92 Å². The molecule has 108 valence electrons. The quantitative estimate of drug-likeness (QED) is 0.333. The zero-order valence-electron chi connectivity index (χ0n) is 12.2. The van der Waals surface area contributed by atoms with Crippen molar-refractivity contribution in [1.29, 1.82) is 0 Å². The van der Waals surface area contributed by atoms with Gasteiger partial charge in [-0.3, -0.25) is 0 Å². The summed E-state index contributed by atoms with van der Waals surface area (Å²) in [5.41, 5.74) is 0.937. The van der Waals surface area contributed by atoms with Gasteiger partial charge in [0.1, 0.15) is 5.57 Å². The summed E-state index contributed by atoms with van der Waals surface area (Å²) in [6.07, 6.45) is 5.61. The highest BCUT2D eigenvalue weighted by atomic mass is 16.6. The minimum Gasteiger partial charge on any atom is -0.462 e. The van der Waals surface area contributed by atoms with E-state index in [1.807, 2.05) is 6.92 Å². The lowest BCUT2D eigenvalue weighted by Gasteiger charge is -2.24. The first-order chi connectivity index (χ1) is 9.11. The van der Waals surface area contributed by atoms with Crippen LogP contribution >= 0.6 is 0 Å². The van der Waals surface area contributed by atoms with E-state index in [0.717, 1.165) is 31.3 Å². The molecule has 0 aromatic heterocycles. The van der Waals surface area contributed by atoms with Gasteiger partial charge in [-0.05, 0) is 45.1 Å². The predicted molar refractivity (Wildman–Crippen MR) is 72.5 cm³/mol. The topological polar surface area (TPSA) is 52.6 Å². The van der Waals surface area contributed by atoms with Crippen molar-refractivity contribution in [1.82, 2.24) is 0 Å². The van der Waals surface area contributed by atoms with E-state index in [2.05, 4.69) is 0 Å². The van der Waals surface area contributed by atoms with Crippen molar-refractivity contribution in [2.45, 2.75) is 52.9 Å². The molecule has 0 bridgehead atoms. The number of carbonyl (C=O) groups excluding carboxylic acids is 2. The Morgan fingerprint density at radius 1 is 0.947 bits per heavy atom. The Balaban J connectivity index is 2.97. The van der Waals surface area contributed by atoms with E-state index >= 15 is 0 Å². The maximum Gasteiger partial charge on any atom is 0.345 e. The first kappa shape index (κ1) is 15.7. The Kier molecular flexibility index (Phi) is 6.60. The summed E-state index contributed by atoms with van der Waals surface area (Å²) in [6.45, 7) is 5.85. The number of esters is 2. The number of hydrogen-bond donors (Lipinski definition) is 0. The smallest absolute Gasteiger partial charge is 0.345 e. The molecule has 0 radical (unpaired) electrons. The molecular formula is C15H24O4. The van der Waals surface area contributed by atoms with Gasteiger partial charge in [0.25, 0.3) is 0 Å². The number of hydrogen-bond acceptors (Lipinski definition) is 4. The molecular weight excluding hydrogens is 244 g/mol. The van der Waals surface area contributed by atoms with Gasteiger partial charge in [-0.2, -0.15) is 0 Å². The Labute approximate surface area is 115 Å². The summed E-state index contributed by atoms with van der Waals surface area (Å²) < 4.78 is 9.97. The van der Waals surface area contributed by atoms with Crippen molar-refractivity contribution in [3.05, 3.63) is 11.1 Å². The lowest BCUT2D eigenvalue weighted by molar-refractivity contribution is -0.146. The van der Waals surface area contributed by atoms with Crippen LogP contribution in [0.15, 0.2) is 11.1 Å². The van der Waals surface area contributed by atoms with Gasteiger partial charge in [0, 0.05) is 0 Å². The number of carbonyl (C=O) groups is 2. The second-order valence-electron chi connectivity index (χ2n) is 4.83. The van der Waals surface area contributed by atoms with Crippen LogP contribution in [0, 0.1) is 5.92 Å². The highest BCUT2D eigenvalue weighted by Crippen LogP contribution is 2.31. The highest BCUT2D eigenvalue weighted by Gasteiger charge is 2.28. The first-order valence-corrected chi connectivity index (χ1v) is 7.16. The third kappa shape index (κ3) is 4.37. The fraction of sp³-hybridized carbons (Fsp3) is 0.733. The molecule has 0 atom stereocenters. The van der Waals surface area contributed by atoms with E-state index in [4.69, 9.17) is 9.47 Å². The van der Waals surface area contributed by atoms with Crippen LogP contribution in [-0.4, -0.2) is 25.2 Å². The Hall–Kier alpha value is -1.32. The molecule has 1 aliphatic rings. The molecule has 4 nitrogen and oxygen atoms in total. The molecule has 0 heterocycles. The van der Waals surface area contributed by atoms with Crippen molar-refractivity contribution < 1.29 is 19.1 Å². The van der Waals surface area contributed by atoms with E-state index in [9.17, 15) is 9.59 Å². The third-order valence-electron chi connectivity index (χ3n) is 3.57. The number of allylic oxidation sites excluding steroid dienone is 1. The molecule has 1 aliphatic carbocycles. The lowest BCUT2D eigenvalue weighted by Crippen LogP contribution is -2.23. The number of ether oxygens (including phenoxy) is 2. The summed E-state index contributed by atoms with van der Waals surface area (Å²) in [6, 6.07) is 0. The highest BCUT2D eigenvalue weighted by molar-refractivity contribution is 6.14. The molecule has 19 heavy (non-hydrogen) atoms. The molecule has 1 fully saturated rings. The van der Waals surface area contributed by atoms with E-state index < -0.39 is 11.9 Å². The molecule has 0 spiro atoms. The van der Waals surface area contributed by atoms with Crippen molar-refractivity contribution in [2.24, 2.45) is 5.92 Å². The first-order valence-electron chi connectivity index (χ1n) is 7.16. The molecule has 4 heteroatoms. The fourth-order valence-corrected chi connectivity index (χ4v) is 2.55. The normalized spacial score (nSPS) is 15.7. The predicted octanol–water partition coefficient (Wildman–Crippen LogP) is 3.01. The van der Waals surface area contributed by atoms with Crippen molar-refractivity contribution in [2.75, 3.05) is 13.2 Å². The van der Waals surface area contributed by atoms with Crippen LogP contribution in [0.3, 0.4) is 0 Å². The molecule has 1 saturated carbocycles. The van der Waals surface area contributed by atoms with Crippen molar-refractivity contribution in [3.8, 4) is 0 Å². The van der Waals surface area contributed by atoms with Crippen molar-refractivity contribution >= 4 is 11.9 Å². The molecule has 0 N–H and O–H groups in total. The van der Waals surface area contributed by atoms with E-state index in [-0.39, 0.29) is 18.8 Å². The average Bonchev–Trinajstić information content (AvgIpc) is 2.40. The SMILES string of the molecule is CCOC(=O)C(C(=O)OCC)=C(C)C1CCCCC1. The van der Waals surface area contributed by atoms with Crippen LogP contribution in [0.1, 0.15) is 52.9 Å². The summed E-state index contributed by atoms with van der Waals surface area (Å²) in [5.74, 6) is -0.800. The fourth-order valence-electron chi connectivity index (χ4n) is 2.55. The van der Waals surface area contributed by atoms with Gasteiger partial charge < -0.3 is 9.47 Å². The van der Waals surface area contributed by atoms with Gasteiger partial charge in [0.2, 0.25) is 0 Å². The summed E-state index contributed by atoms with van der Waals surface area (Å²) in [4.78, 5) is 23.9. The van der Waals surface area contributed by atoms with E-state index in [1.165, 1.54) is 6.42 Å². The standard InChI is InChI=1S/C15H24O4/c1-4-18-14(16)13(15(17)19-5-2)11(3)12-9-7-6-8-10-12/h12H,4-10H2,1-3H3. The Morgan fingerprint density at radius 2 is 1.42 bits per heavy atom. The van der Waals surface area contributed by atoms with Crippen LogP contribution < -0.4 is 0 Å². The molecule has 0 aromatic rings. The third-order valence-corrected chi connectivity index (χ3v) is 3.57. The molecule has 0 aliphatic heterocycles. The second kappa shape index (κ2) is 7.97. The van der Waals surface area contributed by atoms with E-state index in [1.54, 1.807) is 13.8 Å². The molecule has 0 aromatic carbocycles. The van der Waals surface area contributed by atoms with Crippen LogP contribution in [0.2, 0.25) is 0 Å². The summed E-state index contributed by atoms with van der Waals surface area (Å²) >= 11 is 0. The van der Waals surface area contributed by atoms with Crippen molar-refractivity contribution in [3.63, 3.8) is 0 Å². The van der Waals surface area contributed by atoms with Gasteiger partial charge in [-0.25, -0.2) is 9.59 Å². The second-order valence-corrected chi connectivity index (χ2v) is 4.83. The van der Waals surface area contributed by atoms with Gasteiger partial charge in [0.05, 0.1) is 13.2 Å². The van der Waals surface area contributed by atoms with Gasteiger partial charge in [-0.1, -0.05) is 19.3 Å². The number of rotatable bonds is 5. The Morgan fingerprint density at radius 3 is 1.84 bits per heavy atom. The maximum atomic E-state index is 12.0. The molecule has 0 saturated heterocycles. The van der Waals surface area contributed by atoms with Crippen LogP contribution in [0.5, 0.6) is 0 Å². The molecule has 1 rings (SSSR count). The minimum absolute atomic E-state index is 0.107. The lowest BCUT2D eigenvalue weighted by atomic mass is 9.82. The van der Waals surface area contributed by atoms with Crippen LogP contribution in [-0.2, 0) is 19.1 Å². The monoisotopic (exact) mass is 268 g/mol. The molecule has 0 amide bonds. The maximum absolute atomic E-state index is 12.0. The summed E-state index contributed by atoms with van der Waals surface area (Å²) in [7, 11) is 0. The van der Waals surface area contributed by atoms with Gasteiger partial charge >= 0.3 is 11.9 Å². The minimum atomic E-state index is -0.552. The average molecular weight is 268 g/mol. The zero-order chi connectivity index (χ0) is 14.3. The van der Waals surface area contributed by atoms with Gasteiger partial charge in [0.15, 0.2) is 0 Å². The summed E-state index contributed by atoms with van der Waals surface area (Å²) in [5, 5.41) is 0. The van der Waals surface area contributed by atoms with Gasteiger partial charge in [-0.15, -0.1) is 0 Å². The Bertz CT molecular complexity index is 331. The van der Waals surface area contributed by atoms with Crippen LogP contribution in [0.25, 0.3) is 0 Å². The zero-order valence-corrected chi connectivity index (χ0v) is 12.2.